The van der Waals surface area contributed by atoms with Crippen LogP contribution in [0.4, 0.5) is 0 Å². The third kappa shape index (κ3) is 202. The Morgan fingerprint density at radius 3 is 1.14 bits per heavy atom. The van der Waals surface area contributed by atoms with E-state index >= 15 is 0 Å². The average Bonchev–Trinajstić information content (AvgIpc) is 0.722. The molecule has 49 valence electrons. The number of hydrogen-bond acceptors (Lipinski definition) is 1. The van der Waals surface area contributed by atoms with Crippen LogP contribution in [0.1, 0.15) is 0 Å². The summed E-state index contributed by atoms with van der Waals surface area (Å²) >= 11 is 0. The zero-order valence-electron chi connectivity index (χ0n) is 2.94. The van der Waals surface area contributed by atoms with Crippen LogP contribution in [0, 0.1) is 0 Å². The van der Waals surface area contributed by atoms with Crippen molar-refractivity contribution >= 4 is 20.2 Å². The number of phosphoric acid groups is 1. The van der Waals surface area contributed by atoms with Gasteiger partial charge in [0, 0.05) is 16.8 Å². The summed E-state index contributed by atoms with van der Waals surface area (Å²) in [7, 11) is -4.64. The second kappa shape index (κ2) is 5.05. The molecule has 1 radical (unpaired) electrons. The normalized spacial score (nSPS) is 8.43. The summed E-state index contributed by atoms with van der Waals surface area (Å²) in [4.78, 5) is 21.6. The monoisotopic (exact) mass is 193 g/mol. The van der Waals surface area contributed by atoms with Gasteiger partial charge in [-0.05, 0) is 0 Å². The molecule has 0 aliphatic heterocycles. The SMILES string of the molecule is Cl.O=P(O)(O)O.[Co]. The summed E-state index contributed by atoms with van der Waals surface area (Å²) < 4.78 is 8.88. The van der Waals surface area contributed by atoms with Gasteiger partial charge < -0.3 is 14.7 Å². The Labute approximate surface area is 56.8 Å². The van der Waals surface area contributed by atoms with Gasteiger partial charge in [0.2, 0.25) is 0 Å². The van der Waals surface area contributed by atoms with E-state index in [0.717, 1.165) is 0 Å². The first kappa shape index (κ1) is 15.7. The summed E-state index contributed by atoms with van der Waals surface area (Å²) in [6.45, 7) is 0. The van der Waals surface area contributed by atoms with E-state index in [1.807, 2.05) is 0 Å². The zero-order chi connectivity index (χ0) is 4.50. The van der Waals surface area contributed by atoms with Gasteiger partial charge in [0.25, 0.3) is 0 Å². The van der Waals surface area contributed by atoms with Crippen LogP contribution in [-0.4, -0.2) is 14.7 Å². The van der Waals surface area contributed by atoms with Gasteiger partial charge in [-0.1, -0.05) is 0 Å². The molecule has 0 amide bonds. The molecule has 0 heterocycles. The fraction of sp³-hybridized carbons (Fsp3) is 0. The Morgan fingerprint density at radius 2 is 1.14 bits per heavy atom. The Morgan fingerprint density at radius 1 is 1.14 bits per heavy atom. The second-order valence-corrected chi connectivity index (χ2v) is 1.54. The minimum atomic E-state index is -4.64. The molecular formula is H4ClCoO4P. The maximum Gasteiger partial charge on any atom is 0.466 e. The standard InChI is InChI=1S/ClH.Co.H3O4P/c;;1-5(2,3)4/h1H;;(H3,1,2,3,4). The zero-order valence-corrected chi connectivity index (χ0v) is 5.69. The van der Waals surface area contributed by atoms with Crippen molar-refractivity contribution in [2.75, 3.05) is 0 Å². The summed E-state index contributed by atoms with van der Waals surface area (Å²) in [6, 6.07) is 0. The van der Waals surface area contributed by atoms with Crippen molar-refractivity contribution in [1.29, 1.82) is 0 Å². The molecule has 0 bridgehead atoms. The van der Waals surface area contributed by atoms with Crippen molar-refractivity contribution in [3.8, 4) is 0 Å². The van der Waals surface area contributed by atoms with Gasteiger partial charge in [0.15, 0.2) is 0 Å². The Hall–Kier alpha value is 0.906. The van der Waals surface area contributed by atoms with E-state index in [1.54, 1.807) is 0 Å². The van der Waals surface area contributed by atoms with Crippen LogP contribution in [-0.2, 0) is 21.3 Å². The van der Waals surface area contributed by atoms with Crippen LogP contribution in [0.3, 0.4) is 0 Å². The Kier molecular flexibility index (Phi) is 11.3. The quantitative estimate of drug-likeness (QED) is 0.453. The van der Waals surface area contributed by atoms with Gasteiger partial charge in [-0.3, -0.25) is 0 Å². The molecule has 0 saturated carbocycles. The molecule has 7 heavy (non-hydrogen) atoms. The second-order valence-electron chi connectivity index (χ2n) is 0.513. The van der Waals surface area contributed by atoms with Gasteiger partial charge in [-0.15, -0.1) is 12.4 Å². The van der Waals surface area contributed by atoms with Gasteiger partial charge in [-0.2, -0.15) is 0 Å². The molecule has 0 aromatic rings. The van der Waals surface area contributed by atoms with Crippen LogP contribution in [0.15, 0.2) is 0 Å². The minimum Gasteiger partial charge on any atom is -0.303 e. The Balaban J connectivity index is -0.0000000800. The summed E-state index contributed by atoms with van der Waals surface area (Å²) in [5, 5.41) is 0. The smallest absolute Gasteiger partial charge is 0.303 e. The molecular weight excluding hydrogens is 189 g/mol. The van der Waals surface area contributed by atoms with Gasteiger partial charge in [0.1, 0.15) is 0 Å². The van der Waals surface area contributed by atoms with Gasteiger partial charge >= 0.3 is 7.82 Å². The van der Waals surface area contributed by atoms with Crippen LogP contribution < -0.4 is 0 Å². The van der Waals surface area contributed by atoms with Crippen LogP contribution in [0.2, 0.25) is 0 Å². The maximum atomic E-state index is 8.88. The first-order chi connectivity index (χ1) is 2.00. The number of halogens is 1. The largest absolute Gasteiger partial charge is 0.466 e. The van der Waals surface area contributed by atoms with Crippen molar-refractivity contribution in [2.24, 2.45) is 0 Å². The fourth-order valence-electron chi connectivity index (χ4n) is 0. The molecule has 0 unspecified atom stereocenters. The molecule has 0 rings (SSSR count). The third-order valence-electron chi connectivity index (χ3n) is 0. The molecule has 7 heteroatoms. The molecule has 0 aliphatic carbocycles. The van der Waals surface area contributed by atoms with E-state index in [2.05, 4.69) is 0 Å². The molecule has 0 atom stereocenters. The van der Waals surface area contributed by atoms with Crippen molar-refractivity contribution in [1.82, 2.24) is 0 Å². The van der Waals surface area contributed by atoms with E-state index in [0.29, 0.717) is 0 Å². The predicted molar refractivity (Wildman–Crippen MR) is 21.5 cm³/mol. The van der Waals surface area contributed by atoms with Crippen molar-refractivity contribution < 1.29 is 36.0 Å². The van der Waals surface area contributed by atoms with E-state index in [-0.39, 0.29) is 29.2 Å². The van der Waals surface area contributed by atoms with Crippen LogP contribution in [0.25, 0.3) is 0 Å². The van der Waals surface area contributed by atoms with Crippen molar-refractivity contribution in [2.45, 2.75) is 0 Å². The van der Waals surface area contributed by atoms with Gasteiger partial charge in [-0.25, -0.2) is 4.57 Å². The summed E-state index contributed by atoms with van der Waals surface area (Å²) in [5.74, 6) is 0. The first-order valence-corrected chi connectivity index (χ1v) is 2.35. The molecule has 0 aliphatic rings. The van der Waals surface area contributed by atoms with Crippen molar-refractivity contribution in [3.63, 3.8) is 0 Å². The molecule has 0 aromatic heterocycles. The average molecular weight is 193 g/mol. The molecule has 0 saturated heterocycles. The Bertz CT molecular complexity index is 57.8. The predicted octanol–water partition coefficient (Wildman–Crippen LogP) is -0.509. The first-order valence-electron chi connectivity index (χ1n) is 0.783. The fourth-order valence-corrected chi connectivity index (χ4v) is 0. The summed E-state index contributed by atoms with van der Waals surface area (Å²) in [5.41, 5.74) is 0. The van der Waals surface area contributed by atoms with E-state index in [9.17, 15) is 0 Å². The molecule has 3 N–H and O–H groups in total. The number of rotatable bonds is 0. The molecule has 4 nitrogen and oxygen atoms in total. The molecule has 0 aromatic carbocycles. The number of hydrogen-bond donors (Lipinski definition) is 3. The summed E-state index contributed by atoms with van der Waals surface area (Å²) in [6.07, 6.45) is 0. The molecule has 0 spiro atoms. The maximum absolute atomic E-state index is 8.88. The topological polar surface area (TPSA) is 77.8 Å². The minimum absolute atomic E-state index is 0. The van der Waals surface area contributed by atoms with Crippen molar-refractivity contribution in [3.05, 3.63) is 0 Å². The van der Waals surface area contributed by atoms with E-state index in [1.165, 1.54) is 0 Å². The van der Waals surface area contributed by atoms with E-state index in [4.69, 9.17) is 19.2 Å². The van der Waals surface area contributed by atoms with Gasteiger partial charge in [0.05, 0.1) is 0 Å². The van der Waals surface area contributed by atoms with Crippen LogP contribution >= 0.6 is 20.2 Å². The van der Waals surface area contributed by atoms with Crippen LogP contribution in [0.5, 0.6) is 0 Å². The third-order valence-corrected chi connectivity index (χ3v) is 0. The molecule has 0 fully saturated rings. The van der Waals surface area contributed by atoms with E-state index < -0.39 is 7.82 Å².